The third kappa shape index (κ3) is 1.84. The van der Waals surface area contributed by atoms with Crippen molar-refractivity contribution in [2.75, 3.05) is 0 Å². The molecule has 0 N–H and O–H groups in total. The van der Waals surface area contributed by atoms with Crippen molar-refractivity contribution in [2.45, 2.75) is 20.8 Å². The summed E-state index contributed by atoms with van der Waals surface area (Å²) in [6.45, 7) is 6.50. The Labute approximate surface area is 113 Å². The Morgan fingerprint density at radius 3 is 2.37 bits per heavy atom. The molecule has 2 nitrogen and oxygen atoms in total. The highest BCUT2D eigenvalue weighted by molar-refractivity contribution is 5.82. The minimum absolute atomic E-state index is 1.27. The standard InChI is InChI=1S/C17H19N2/c1-12-5-8-18(4)15(11-12)16-13(2)6-9-19-10-7-14(3)17(16)19/h5-11H,1-4H3/q+1. The first-order chi connectivity index (χ1) is 9.08. The summed E-state index contributed by atoms with van der Waals surface area (Å²) < 4.78 is 4.40. The second-order valence-electron chi connectivity index (χ2n) is 5.33. The lowest BCUT2D eigenvalue weighted by Gasteiger charge is -2.09. The maximum atomic E-state index is 2.26. The van der Waals surface area contributed by atoms with Crippen LogP contribution in [0.15, 0.2) is 42.9 Å². The van der Waals surface area contributed by atoms with E-state index in [1.54, 1.807) is 0 Å². The quantitative estimate of drug-likeness (QED) is 0.586. The molecule has 96 valence electrons. The summed E-state index contributed by atoms with van der Waals surface area (Å²) >= 11 is 0. The molecule has 3 heterocycles. The molecule has 0 unspecified atom stereocenters. The van der Waals surface area contributed by atoms with E-state index in [2.05, 4.69) is 79.6 Å². The van der Waals surface area contributed by atoms with E-state index in [1.165, 1.54) is 33.5 Å². The van der Waals surface area contributed by atoms with Crippen LogP contribution in [0, 0.1) is 20.8 Å². The van der Waals surface area contributed by atoms with Crippen LogP contribution in [0.4, 0.5) is 0 Å². The Bertz CT molecular complexity index is 766. The zero-order valence-electron chi connectivity index (χ0n) is 11.9. The van der Waals surface area contributed by atoms with E-state index in [9.17, 15) is 0 Å². The van der Waals surface area contributed by atoms with Crippen molar-refractivity contribution in [3.63, 3.8) is 0 Å². The van der Waals surface area contributed by atoms with Crippen LogP contribution >= 0.6 is 0 Å². The number of fused-ring (bicyclic) bond motifs is 1. The molecule has 0 spiro atoms. The fourth-order valence-corrected chi connectivity index (χ4v) is 2.71. The number of hydrogen-bond donors (Lipinski definition) is 0. The summed E-state index contributed by atoms with van der Waals surface area (Å²) in [6.07, 6.45) is 6.40. The first-order valence-corrected chi connectivity index (χ1v) is 6.61. The van der Waals surface area contributed by atoms with E-state index < -0.39 is 0 Å². The molecule has 0 saturated heterocycles. The van der Waals surface area contributed by atoms with Gasteiger partial charge < -0.3 is 4.40 Å². The number of aromatic nitrogens is 2. The molecule has 0 saturated carbocycles. The maximum Gasteiger partial charge on any atom is 0.214 e. The minimum Gasteiger partial charge on any atom is -0.323 e. The zero-order chi connectivity index (χ0) is 13.6. The Morgan fingerprint density at radius 1 is 0.947 bits per heavy atom. The third-order valence-corrected chi connectivity index (χ3v) is 3.79. The van der Waals surface area contributed by atoms with Gasteiger partial charge in [0.05, 0.1) is 11.1 Å². The van der Waals surface area contributed by atoms with Gasteiger partial charge in [-0.05, 0) is 49.6 Å². The van der Waals surface area contributed by atoms with E-state index in [0.29, 0.717) is 0 Å². The molecule has 0 atom stereocenters. The Balaban J connectivity index is 2.44. The van der Waals surface area contributed by atoms with Gasteiger partial charge in [-0.3, -0.25) is 0 Å². The van der Waals surface area contributed by atoms with E-state index in [1.807, 2.05) is 0 Å². The molecule has 2 heteroatoms. The van der Waals surface area contributed by atoms with Crippen molar-refractivity contribution < 1.29 is 4.57 Å². The van der Waals surface area contributed by atoms with Gasteiger partial charge in [-0.25, -0.2) is 4.57 Å². The highest BCUT2D eigenvalue weighted by Crippen LogP contribution is 2.29. The summed E-state index contributed by atoms with van der Waals surface area (Å²) in [5, 5.41) is 0. The first kappa shape index (κ1) is 12.0. The lowest BCUT2D eigenvalue weighted by Crippen LogP contribution is -2.30. The fraction of sp³-hybridized carbons (Fsp3) is 0.235. The maximum absolute atomic E-state index is 2.26. The van der Waals surface area contributed by atoms with Crippen LogP contribution in [0.25, 0.3) is 16.8 Å². The van der Waals surface area contributed by atoms with Gasteiger partial charge in [-0.1, -0.05) is 0 Å². The van der Waals surface area contributed by atoms with Gasteiger partial charge in [0.15, 0.2) is 6.20 Å². The number of pyridine rings is 2. The molecule has 0 aliphatic heterocycles. The van der Waals surface area contributed by atoms with Crippen molar-refractivity contribution in [1.29, 1.82) is 0 Å². The zero-order valence-corrected chi connectivity index (χ0v) is 11.9. The monoisotopic (exact) mass is 251 g/mol. The smallest absolute Gasteiger partial charge is 0.214 e. The van der Waals surface area contributed by atoms with Crippen LogP contribution in [-0.2, 0) is 7.05 Å². The van der Waals surface area contributed by atoms with Crippen molar-refractivity contribution >= 4 is 5.52 Å². The first-order valence-electron chi connectivity index (χ1n) is 6.61. The molecule has 0 fully saturated rings. The molecular formula is C17H19N2+. The molecule has 19 heavy (non-hydrogen) atoms. The normalized spacial score (nSPS) is 11.2. The average Bonchev–Trinajstić information content (AvgIpc) is 2.75. The van der Waals surface area contributed by atoms with Crippen molar-refractivity contribution in [3.8, 4) is 11.3 Å². The SMILES string of the molecule is Cc1cc[n+](C)c(-c2c(C)ccn3ccc(C)c23)c1. The van der Waals surface area contributed by atoms with E-state index in [4.69, 9.17) is 0 Å². The fourth-order valence-electron chi connectivity index (χ4n) is 2.71. The van der Waals surface area contributed by atoms with Gasteiger partial charge >= 0.3 is 0 Å². The van der Waals surface area contributed by atoms with Gasteiger partial charge in [0.2, 0.25) is 5.69 Å². The lowest BCUT2D eigenvalue weighted by atomic mass is 10.0. The van der Waals surface area contributed by atoms with Crippen LogP contribution < -0.4 is 4.57 Å². The largest absolute Gasteiger partial charge is 0.323 e. The predicted octanol–water partition coefficient (Wildman–Crippen LogP) is 3.36. The summed E-state index contributed by atoms with van der Waals surface area (Å²) in [5.41, 5.74) is 7.83. The Kier molecular flexibility index (Phi) is 2.67. The minimum atomic E-state index is 1.27. The van der Waals surface area contributed by atoms with Crippen LogP contribution in [0.5, 0.6) is 0 Å². The van der Waals surface area contributed by atoms with Crippen LogP contribution in [-0.4, -0.2) is 4.40 Å². The number of aryl methyl sites for hydroxylation is 4. The topological polar surface area (TPSA) is 8.29 Å². The summed E-state index contributed by atoms with van der Waals surface area (Å²) in [4.78, 5) is 0. The van der Waals surface area contributed by atoms with E-state index >= 15 is 0 Å². The van der Waals surface area contributed by atoms with Crippen molar-refractivity contribution in [3.05, 3.63) is 59.5 Å². The highest BCUT2D eigenvalue weighted by Gasteiger charge is 2.17. The Morgan fingerprint density at radius 2 is 1.63 bits per heavy atom. The molecule has 3 rings (SSSR count). The average molecular weight is 251 g/mol. The molecule has 0 bridgehead atoms. The Hall–Kier alpha value is -2.09. The lowest BCUT2D eigenvalue weighted by molar-refractivity contribution is -0.660. The summed E-state index contributed by atoms with van der Waals surface area (Å²) in [7, 11) is 2.11. The molecule has 3 aromatic rings. The predicted molar refractivity (Wildman–Crippen MR) is 78.2 cm³/mol. The molecule has 0 amide bonds. The van der Waals surface area contributed by atoms with Gasteiger partial charge in [0.25, 0.3) is 0 Å². The molecule has 0 aromatic carbocycles. The van der Waals surface area contributed by atoms with Crippen LogP contribution in [0.1, 0.15) is 16.7 Å². The molecule has 3 aromatic heterocycles. The molecule has 0 radical (unpaired) electrons. The molecular weight excluding hydrogens is 232 g/mol. The van der Waals surface area contributed by atoms with E-state index in [-0.39, 0.29) is 0 Å². The van der Waals surface area contributed by atoms with E-state index in [0.717, 1.165) is 0 Å². The van der Waals surface area contributed by atoms with Crippen LogP contribution in [0.3, 0.4) is 0 Å². The number of rotatable bonds is 1. The van der Waals surface area contributed by atoms with Crippen molar-refractivity contribution in [1.82, 2.24) is 4.40 Å². The molecule has 0 aliphatic carbocycles. The van der Waals surface area contributed by atoms with Gasteiger partial charge in [-0.15, -0.1) is 0 Å². The van der Waals surface area contributed by atoms with Crippen molar-refractivity contribution in [2.24, 2.45) is 7.05 Å². The number of nitrogens with zero attached hydrogens (tertiary/aromatic N) is 2. The summed E-state index contributed by atoms with van der Waals surface area (Å²) in [5.74, 6) is 0. The number of hydrogen-bond acceptors (Lipinski definition) is 0. The molecule has 0 aliphatic rings. The van der Waals surface area contributed by atoms with Crippen LogP contribution in [0.2, 0.25) is 0 Å². The summed E-state index contributed by atoms with van der Waals surface area (Å²) in [6, 6.07) is 8.76. The highest BCUT2D eigenvalue weighted by atomic mass is 14.9. The van der Waals surface area contributed by atoms with Gasteiger partial charge in [-0.2, -0.15) is 0 Å². The van der Waals surface area contributed by atoms with Gasteiger partial charge in [0.1, 0.15) is 7.05 Å². The second kappa shape index (κ2) is 4.23. The van der Waals surface area contributed by atoms with Gasteiger partial charge in [0, 0.05) is 24.5 Å². The second-order valence-corrected chi connectivity index (χ2v) is 5.33. The third-order valence-electron chi connectivity index (χ3n) is 3.79.